The van der Waals surface area contributed by atoms with Crippen molar-refractivity contribution in [1.29, 1.82) is 5.26 Å². The highest BCUT2D eigenvalue weighted by molar-refractivity contribution is 6.02. The zero-order valence-electron chi connectivity index (χ0n) is 20.9. The van der Waals surface area contributed by atoms with Gasteiger partial charge in [-0.15, -0.1) is 0 Å². The second-order valence-corrected chi connectivity index (χ2v) is 9.64. The first kappa shape index (κ1) is 25.3. The fraction of sp³-hybridized carbons (Fsp3) is 0.296. The molecule has 1 amide bonds. The van der Waals surface area contributed by atoms with Crippen molar-refractivity contribution in [2.24, 2.45) is 0 Å². The topological polar surface area (TPSA) is 131 Å². The summed E-state index contributed by atoms with van der Waals surface area (Å²) in [6.07, 6.45) is 4.65. The van der Waals surface area contributed by atoms with Gasteiger partial charge in [0.2, 0.25) is 0 Å². The molecule has 1 aliphatic rings. The number of fused-ring (bicyclic) bond motifs is 1. The van der Waals surface area contributed by atoms with Crippen LogP contribution in [0.15, 0.2) is 55.1 Å². The number of amides is 1. The van der Waals surface area contributed by atoms with E-state index >= 15 is 4.39 Å². The summed E-state index contributed by atoms with van der Waals surface area (Å²) in [4.78, 5) is 29.6. The van der Waals surface area contributed by atoms with Crippen LogP contribution in [0.5, 0.6) is 0 Å². The molecule has 1 atom stereocenters. The van der Waals surface area contributed by atoms with Gasteiger partial charge in [-0.25, -0.2) is 19.3 Å². The van der Waals surface area contributed by atoms with Crippen molar-refractivity contribution in [3.05, 3.63) is 66.5 Å². The van der Waals surface area contributed by atoms with E-state index in [9.17, 15) is 20.3 Å². The van der Waals surface area contributed by atoms with Gasteiger partial charge in [0, 0.05) is 43.2 Å². The van der Waals surface area contributed by atoms with Gasteiger partial charge in [0.25, 0.3) is 5.91 Å². The predicted molar refractivity (Wildman–Crippen MR) is 138 cm³/mol. The number of hydrogen-bond donors (Lipinski definition) is 2. The molecule has 4 aromatic rings. The van der Waals surface area contributed by atoms with Gasteiger partial charge < -0.3 is 20.0 Å². The SMILES string of the molecule is CC(C)(O)C(=O)N1CCN(c2ncnc3c2c(-c2ccccc2F)cn3-c2cc(C#N)ccn2)C[C@H]1CO. The number of piperazine rings is 1. The number of carbonyl (C=O) groups excluding carboxylic acids is 1. The van der Waals surface area contributed by atoms with Crippen LogP contribution in [-0.2, 0) is 4.79 Å². The summed E-state index contributed by atoms with van der Waals surface area (Å²) in [6.45, 7) is 3.40. The molecule has 5 rings (SSSR count). The molecule has 38 heavy (non-hydrogen) atoms. The zero-order valence-corrected chi connectivity index (χ0v) is 20.9. The van der Waals surface area contributed by atoms with E-state index in [1.165, 1.54) is 37.3 Å². The number of aromatic nitrogens is 4. The predicted octanol–water partition coefficient (Wildman–Crippen LogP) is 2.27. The highest BCUT2D eigenvalue weighted by Crippen LogP contribution is 2.38. The number of anilines is 1. The summed E-state index contributed by atoms with van der Waals surface area (Å²) in [5.74, 6) is 0.0620. The number of aliphatic hydroxyl groups is 2. The van der Waals surface area contributed by atoms with Crippen LogP contribution in [0.4, 0.5) is 10.2 Å². The van der Waals surface area contributed by atoms with Gasteiger partial charge in [-0.2, -0.15) is 5.26 Å². The summed E-state index contributed by atoms with van der Waals surface area (Å²) in [6, 6.07) is 11.1. The van der Waals surface area contributed by atoms with Gasteiger partial charge in [0.15, 0.2) is 5.65 Å². The fourth-order valence-electron chi connectivity index (χ4n) is 4.79. The van der Waals surface area contributed by atoms with Crippen molar-refractivity contribution in [3.8, 4) is 23.0 Å². The average Bonchev–Trinajstić information content (AvgIpc) is 3.32. The molecule has 0 unspecified atom stereocenters. The molecule has 194 valence electrons. The number of aliphatic hydroxyl groups excluding tert-OH is 1. The minimum atomic E-state index is -1.57. The van der Waals surface area contributed by atoms with Crippen LogP contribution in [0, 0.1) is 17.1 Å². The van der Waals surface area contributed by atoms with Crippen LogP contribution >= 0.6 is 0 Å². The highest BCUT2D eigenvalue weighted by atomic mass is 19.1. The van der Waals surface area contributed by atoms with Crippen LogP contribution in [0.25, 0.3) is 28.0 Å². The number of hydrogen-bond acceptors (Lipinski definition) is 8. The molecule has 1 aromatic carbocycles. The van der Waals surface area contributed by atoms with E-state index in [1.54, 1.807) is 41.1 Å². The van der Waals surface area contributed by atoms with E-state index in [2.05, 4.69) is 21.0 Å². The Hall–Kier alpha value is -4.40. The van der Waals surface area contributed by atoms with Crippen LogP contribution in [0.1, 0.15) is 19.4 Å². The number of nitriles is 1. The van der Waals surface area contributed by atoms with Crippen LogP contribution < -0.4 is 4.90 Å². The van der Waals surface area contributed by atoms with Gasteiger partial charge in [-0.3, -0.25) is 9.36 Å². The molecule has 1 aliphatic heterocycles. The molecule has 0 saturated carbocycles. The maximum atomic E-state index is 15.1. The van der Waals surface area contributed by atoms with Crippen molar-refractivity contribution in [2.75, 3.05) is 31.1 Å². The molecule has 10 nitrogen and oxygen atoms in total. The van der Waals surface area contributed by atoms with E-state index in [4.69, 9.17) is 0 Å². The summed E-state index contributed by atoms with van der Waals surface area (Å²) < 4.78 is 16.7. The van der Waals surface area contributed by atoms with E-state index in [-0.39, 0.29) is 19.7 Å². The lowest BCUT2D eigenvalue weighted by Gasteiger charge is -2.43. The Morgan fingerprint density at radius 3 is 2.68 bits per heavy atom. The normalized spacial score (nSPS) is 16.1. The van der Waals surface area contributed by atoms with Crippen molar-refractivity contribution < 1.29 is 19.4 Å². The number of pyridine rings is 1. The van der Waals surface area contributed by atoms with Crippen molar-refractivity contribution in [1.82, 2.24) is 24.4 Å². The summed E-state index contributed by atoms with van der Waals surface area (Å²) >= 11 is 0. The molecule has 11 heteroatoms. The smallest absolute Gasteiger partial charge is 0.254 e. The fourth-order valence-corrected chi connectivity index (χ4v) is 4.79. The van der Waals surface area contributed by atoms with Gasteiger partial charge in [0.05, 0.1) is 29.7 Å². The lowest BCUT2D eigenvalue weighted by Crippen LogP contribution is -2.60. The Morgan fingerprint density at radius 1 is 1.18 bits per heavy atom. The molecule has 2 N–H and O–H groups in total. The standard InChI is InChI=1S/C27H26FN7O3/c1-27(2,38)26(37)34-10-9-33(13-18(34)15-36)24-23-20(19-5-3-4-6-21(19)28)14-35(25(23)32-16-31-24)22-11-17(12-29)7-8-30-22/h3-8,11,14,16,18,36,38H,9-10,13,15H2,1-2H3/t18-/m0/s1. The molecule has 4 heterocycles. The molecular formula is C27H26FN7O3. The highest BCUT2D eigenvalue weighted by Gasteiger charge is 2.37. The summed E-state index contributed by atoms with van der Waals surface area (Å²) in [5.41, 5.74) is 0.188. The lowest BCUT2D eigenvalue weighted by atomic mass is 10.0. The van der Waals surface area contributed by atoms with Crippen molar-refractivity contribution in [3.63, 3.8) is 0 Å². The number of halogens is 1. The molecule has 0 radical (unpaired) electrons. The van der Waals surface area contributed by atoms with E-state index < -0.39 is 23.4 Å². The molecule has 0 aliphatic carbocycles. The van der Waals surface area contributed by atoms with Crippen LogP contribution in [0.2, 0.25) is 0 Å². The van der Waals surface area contributed by atoms with E-state index in [1.807, 2.05) is 4.90 Å². The maximum Gasteiger partial charge on any atom is 0.254 e. The lowest BCUT2D eigenvalue weighted by molar-refractivity contribution is -0.151. The number of nitrogens with zero attached hydrogens (tertiary/aromatic N) is 7. The number of rotatable bonds is 5. The average molecular weight is 516 g/mol. The molecular weight excluding hydrogens is 489 g/mol. The van der Waals surface area contributed by atoms with Crippen molar-refractivity contribution >= 4 is 22.8 Å². The number of benzene rings is 1. The van der Waals surface area contributed by atoms with Crippen LogP contribution in [0.3, 0.4) is 0 Å². The molecule has 1 fully saturated rings. The van der Waals surface area contributed by atoms with Crippen molar-refractivity contribution in [2.45, 2.75) is 25.5 Å². The minimum Gasteiger partial charge on any atom is -0.394 e. The maximum absolute atomic E-state index is 15.1. The Labute approximate surface area is 218 Å². The second kappa shape index (κ2) is 9.81. The largest absolute Gasteiger partial charge is 0.394 e. The monoisotopic (exact) mass is 515 g/mol. The minimum absolute atomic E-state index is 0.245. The molecule has 0 spiro atoms. The first-order chi connectivity index (χ1) is 18.2. The van der Waals surface area contributed by atoms with Gasteiger partial charge in [-0.05, 0) is 32.0 Å². The molecule has 1 saturated heterocycles. The Bertz CT molecular complexity index is 1560. The van der Waals surface area contributed by atoms with E-state index in [0.717, 1.165) is 0 Å². The zero-order chi connectivity index (χ0) is 27.0. The first-order valence-corrected chi connectivity index (χ1v) is 12.1. The Balaban J connectivity index is 1.66. The summed E-state index contributed by atoms with van der Waals surface area (Å²) in [5, 5.41) is 30.3. The Kier molecular flexibility index (Phi) is 6.52. The summed E-state index contributed by atoms with van der Waals surface area (Å²) in [7, 11) is 0. The van der Waals surface area contributed by atoms with E-state index in [0.29, 0.717) is 45.9 Å². The molecule has 0 bridgehead atoms. The second-order valence-electron chi connectivity index (χ2n) is 9.64. The van der Waals surface area contributed by atoms with Gasteiger partial charge in [-0.1, -0.05) is 18.2 Å². The van der Waals surface area contributed by atoms with Crippen LogP contribution in [-0.4, -0.2) is 78.4 Å². The third kappa shape index (κ3) is 4.44. The first-order valence-electron chi connectivity index (χ1n) is 12.1. The van der Waals surface area contributed by atoms with Gasteiger partial charge >= 0.3 is 0 Å². The Morgan fingerprint density at radius 2 is 1.97 bits per heavy atom. The third-order valence-electron chi connectivity index (χ3n) is 6.63. The molecule has 3 aromatic heterocycles. The number of carbonyl (C=O) groups is 1. The quantitative estimate of drug-likeness (QED) is 0.414. The van der Waals surface area contributed by atoms with Gasteiger partial charge in [0.1, 0.15) is 29.4 Å². The third-order valence-corrected chi connectivity index (χ3v) is 6.63.